The summed E-state index contributed by atoms with van der Waals surface area (Å²) in [5.41, 5.74) is 0. The summed E-state index contributed by atoms with van der Waals surface area (Å²) in [5.74, 6) is 0.560. The number of nitrogens with one attached hydrogen (secondary N) is 1. The second-order valence-electron chi connectivity index (χ2n) is 5.63. The van der Waals surface area contributed by atoms with Crippen molar-refractivity contribution in [3.63, 3.8) is 0 Å². The molecular weight excluding hydrogens is 258 g/mol. The highest BCUT2D eigenvalue weighted by atomic mass is 16.7. The molecule has 0 aromatic heterocycles. The minimum absolute atomic E-state index is 0.0955. The predicted molar refractivity (Wildman–Crippen MR) is 77.4 cm³/mol. The molecule has 1 aliphatic carbocycles. The van der Waals surface area contributed by atoms with E-state index < -0.39 is 0 Å². The van der Waals surface area contributed by atoms with Gasteiger partial charge in [-0.15, -0.1) is 0 Å². The first-order valence-corrected chi connectivity index (χ1v) is 7.49. The van der Waals surface area contributed by atoms with Crippen LogP contribution in [-0.4, -0.2) is 45.7 Å². The summed E-state index contributed by atoms with van der Waals surface area (Å²) in [6.07, 6.45) is 5.94. The Morgan fingerprint density at radius 2 is 1.75 bits per heavy atom. The van der Waals surface area contributed by atoms with Crippen molar-refractivity contribution in [3.05, 3.63) is 0 Å². The average Bonchev–Trinajstić information content (AvgIpc) is 2.47. The van der Waals surface area contributed by atoms with Gasteiger partial charge < -0.3 is 19.5 Å². The van der Waals surface area contributed by atoms with Gasteiger partial charge in [0.2, 0.25) is 0 Å². The van der Waals surface area contributed by atoms with E-state index in [1.54, 1.807) is 14.2 Å². The third-order valence-corrected chi connectivity index (χ3v) is 4.20. The van der Waals surface area contributed by atoms with Crippen LogP contribution in [0.1, 0.15) is 45.4 Å². The Labute approximate surface area is 122 Å². The molecule has 1 saturated carbocycles. The molecule has 1 unspecified atom stereocenters. The van der Waals surface area contributed by atoms with Crippen LogP contribution in [0.15, 0.2) is 0 Å². The molecule has 0 bridgehead atoms. The Morgan fingerprint density at radius 1 is 1.15 bits per heavy atom. The number of esters is 1. The number of hydrogen-bond acceptors (Lipinski definition) is 5. The maximum absolute atomic E-state index is 11.1. The van der Waals surface area contributed by atoms with E-state index in [0.29, 0.717) is 18.4 Å². The van der Waals surface area contributed by atoms with E-state index in [1.807, 2.05) is 0 Å². The fraction of sp³-hybridized carbons (Fsp3) is 0.933. The van der Waals surface area contributed by atoms with E-state index in [1.165, 1.54) is 20.0 Å². The normalized spacial score (nSPS) is 24.6. The van der Waals surface area contributed by atoms with Crippen molar-refractivity contribution >= 4 is 5.97 Å². The SMILES string of the molecule is COC(=O)CCC1CCC(NC(C)C(OC)OC)CC1. The third kappa shape index (κ3) is 5.77. The molecule has 0 spiro atoms. The molecule has 1 atom stereocenters. The molecule has 1 aliphatic rings. The molecular formula is C15H29NO4. The van der Waals surface area contributed by atoms with E-state index in [9.17, 15) is 4.79 Å². The molecule has 20 heavy (non-hydrogen) atoms. The summed E-state index contributed by atoms with van der Waals surface area (Å²) >= 11 is 0. The summed E-state index contributed by atoms with van der Waals surface area (Å²) in [6.45, 7) is 2.08. The molecule has 0 saturated heterocycles. The lowest BCUT2D eigenvalue weighted by Gasteiger charge is -2.33. The van der Waals surface area contributed by atoms with Gasteiger partial charge in [0.15, 0.2) is 6.29 Å². The number of methoxy groups -OCH3 is 3. The molecule has 5 nitrogen and oxygen atoms in total. The minimum Gasteiger partial charge on any atom is -0.469 e. The molecule has 1 fully saturated rings. The molecule has 1 N–H and O–H groups in total. The fourth-order valence-electron chi connectivity index (χ4n) is 3.00. The molecule has 0 radical (unpaired) electrons. The monoisotopic (exact) mass is 287 g/mol. The van der Waals surface area contributed by atoms with Gasteiger partial charge >= 0.3 is 5.97 Å². The van der Waals surface area contributed by atoms with Crippen molar-refractivity contribution in [2.75, 3.05) is 21.3 Å². The zero-order valence-electron chi connectivity index (χ0n) is 13.2. The van der Waals surface area contributed by atoms with Crippen molar-refractivity contribution in [3.8, 4) is 0 Å². The van der Waals surface area contributed by atoms with Crippen LogP contribution in [0.2, 0.25) is 0 Å². The summed E-state index contributed by atoms with van der Waals surface area (Å²) in [5, 5.41) is 3.58. The first-order chi connectivity index (χ1) is 9.60. The van der Waals surface area contributed by atoms with Crippen molar-refractivity contribution in [2.45, 2.75) is 63.8 Å². The number of rotatable bonds is 8. The van der Waals surface area contributed by atoms with Gasteiger partial charge in [-0.2, -0.15) is 0 Å². The highest BCUT2D eigenvalue weighted by Gasteiger charge is 2.25. The van der Waals surface area contributed by atoms with E-state index in [0.717, 1.165) is 19.3 Å². The van der Waals surface area contributed by atoms with Gasteiger partial charge in [0.1, 0.15) is 0 Å². The van der Waals surface area contributed by atoms with Crippen LogP contribution in [-0.2, 0) is 19.0 Å². The van der Waals surface area contributed by atoms with Crippen molar-refractivity contribution in [1.29, 1.82) is 0 Å². The maximum atomic E-state index is 11.1. The second kappa shape index (κ2) is 9.32. The lowest BCUT2D eigenvalue weighted by atomic mass is 9.83. The number of carbonyl (C=O) groups is 1. The molecule has 0 aromatic carbocycles. The van der Waals surface area contributed by atoms with Crippen LogP contribution in [0.5, 0.6) is 0 Å². The van der Waals surface area contributed by atoms with Crippen LogP contribution in [0.25, 0.3) is 0 Å². The summed E-state index contributed by atoms with van der Waals surface area (Å²) in [4.78, 5) is 11.1. The van der Waals surface area contributed by atoms with Gasteiger partial charge in [-0.25, -0.2) is 0 Å². The highest BCUT2D eigenvalue weighted by Crippen LogP contribution is 2.28. The topological polar surface area (TPSA) is 56.8 Å². The molecule has 0 heterocycles. The quantitative estimate of drug-likeness (QED) is 0.547. The zero-order chi connectivity index (χ0) is 15.0. The summed E-state index contributed by atoms with van der Waals surface area (Å²) in [7, 11) is 4.78. The van der Waals surface area contributed by atoms with Crippen LogP contribution >= 0.6 is 0 Å². The van der Waals surface area contributed by atoms with E-state index >= 15 is 0 Å². The Kier molecular flexibility index (Phi) is 8.11. The largest absolute Gasteiger partial charge is 0.469 e. The maximum Gasteiger partial charge on any atom is 0.305 e. The molecule has 0 aromatic rings. The Balaban J connectivity index is 2.23. The van der Waals surface area contributed by atoms with Gasteiger partial charge in [0.05, 0.1) is 13.2 Å². The number of hydrogen-bond donors (Lipinski definition) is 1. The van der Waals surface area contributed by atoms with Crippen LogP contribution in [0.4, 0.5) is 0 Å². The molecule has 5 heteroatoms. The smallest absolute Gasteiger partial charge is 0.305 e. The van der Waals surface area contributed by atoms with E-state index in [2.05, 4.69) is 17.0 Å². The van der Waals surface area contributed by atoms with Crippen molar-refractivity contribution in [1.82, 2.24) is 5.32 Å². The van der Waals surface area contributed by atoms with Crippen LogP contribution in [0.3, 0.4) is 0 Å². The lowest BCUT2D eigenvalue weighted by Crippen LogP contribution is -2.46. The van der Waals surface area contributed by atoms with E-state index in [-0.39, 0.29) is 18.3 Å². The van der Waals surface area contributed by atoms with Crippen LogP contribution in [0, 0.1) is 5.92 Å². The van der Waals surface area contributed by atoms with Crippen LogP contribution < -0.4 is 5.32 Å². The van der Waals surface area contributed by atoms with E-state index in [4.69, 9.17) is 9.47 Å². The molecule has 0 aliphatic heterocycles. The lowest BCUT2D eigenvalue weighted by molar-refractivity contribution is -0.141. The Bertz CT molecular complexity index is 273. The average molecular weight is 287 g/mol. The van der Waals surface area contributed by atoms with Gasteiger partial charge in [0, 0.05) is 26.7 Å². The zero-order valence-corrected chi connectivity index (χ0v) is 13.2. The number of ether oxygens (including phenoxy) is 3. The molecule has 1 rings (SSSR count). The molecule has 118 valence electrons. The Morgan fingerprint density at radius 3 is 2.25 bits per heavy atom. The van der Waals surface area contributed by atoms with Gasteiger partial charge in [-0.3, -0.25) is 4.79 Å². The summed E-state index contributed by atoms with van der Waals surface area (Å²) in [6, 6.07) is 0.703. The third-order valence-electron chi connectivity index (χ3n) is 4.20. The second-order valence-corrected chi connectivity index (χ2v) is 5.63. The van der Waals surface area contributed by atoms with Gasteiger partial charge in [-0.05, 0) is 44.9 Å². The first-order valence-electron chi connectivity index (χ1n) is 7.49. The molecule has 0 amide bonds. The fourth-order valence-corrected chi connectivity index (χ4v) is 3.00. The standard InChI is InChI=1S/C15H29NO4/c1-11(15(19-3)20-4)16-13-8-5-12(6-9-13)7-10-14(17)18-2/h11-13,15-16H,5-10H2,1-4H3. The summed E-state index contributed by atoms with van der Waals surface area (Å²) < 4.78 is 15.2. The minimum atomic E-state index is -0.202. The highest BCUT2D eigenvalue weighted by molar-refractivity contribution is 5.69. The first kappa shape index (κ1) is 17.4. The van der Waals surface area contributed by atoms with Crippen molar-refractivity contribution < 1.29 is 19.0 Å². The van der Waals surface area contributed by atoms with Gasteiger partial charge in [0.25, 0.3) is 0 Å². The van der Waals surface area contributed by atoms with Gasteiger partial charge in [-0.1, -0.05) is 0 Å². The Hall–Kier alpha value is -0.650. The number of carbonyl (C=O) groups excluding carboxylic acids is 1. The predicted octanol–water partition coefficient (Wildman–Crippen LogP) is 2.10. The van der Waals surface area contributed by atoms with Crippen molar-refractivity contribution in [2.24, 2.45) is 5.92 Å².